The van der Waals surface area contributed by atoms with E-state index in [1.54, 1.807) is 6.20 Å². The van der Waals surface area contributed by atoms with Gasteiger partial charge in [-0.15, -0.1) is 0 Å². The Morgan fingerprint density at radius 2 is 2.18 bits per heavy atom. The highest BCUT2D eigenvalue weighted by Gasteiger charge is 2.28. The first-order valence-electron chi connectivity index (χ1n) is 6.40. The molecule has 1 aliphatic rings. The molecule has 0 bridgehead atoms. The summed E-state index contributed by atoms with van der Waals surface area (Å²) in [5.74, 6) is 1.56. The third-order valence-corrected chi connectivity index (χ3v) is 4.10. The summed E-state index contributed by atoms with van der Waals surface area (Å²) < 4.78 is 0. The smallest absolute Gasteiger partial charge is 0.129 e. The van der Waals surface area contributed by atoms with Crippen molar-refractivity contribution in [2.75, 3.05) is 6.54 Å². The SMILES string of the molecule is CC1CC(C)C(C)N(Cc2ccnc(Cl)c2)C1. The number of aromatic nitrogens is 1. The summed E-state index contributed by atoms with van der Waals surface area (Å²) in [4.78, 5) is 6.59. The van der Waals surface area contributed by atoms with Crippen molar-refractivity contribution in [2.24, 2.45) is 11.8 Å². The lowest BCUT2D eigenvalue weighted by Gasteiger charge is -2.41. The van der Waals surface area contributed by atoms with Gasteiger partial charge in [-0.3, -0.25) is 4.90 Å². The third kappa shape index (κ3) is 3.20. The molecule has 0 aliphatic carbocycles. The average molecular weight is 253 g/mol. The number of piperidine rings is 1. The van der Waals surface area contributed by atoms with Crippen molar-refractivity contribution >= 4 is 11.6 Å². The summed E-state index contributed by atoms with van der Waals surface area (Å²) in [5, 5.41) is 0.591. The first kappa shape index (κ1) is 12.8. The van der Waals surface area contributed by atoms with Crippen molar-refractivity contribution in [2.45, 2.75) is 39.8 Å². The Morgan fingerprint density at radius 3 is 2.88 bits per heavy atom. The molecular weight excluding hydrogens is 232 g/mol. The predicted octanol–water partition coefficient (Wildman–Crippen LogP) is 3.60. The van der Waals surface area contributed by atoms with Gasteiger partial charge in [0, 0.05) is 25.3 Å². The van der Waals surface area contributed by atoms with Crippen molar-refractivity contribution in [3.05, 3.63) is 29.0 Å². The molecule has 1 aromatic heterocycles. The molecule has 1 aromatic rings. The van der Waals surface area contributed by atoms with Crippen molar-refractivity contribution in [1.82, 2.24) is 9.88 Å². The standard InChI is InChI=1S/C14H21ClN2/c1-10-6-11(2)12(3)17(8-10)9-13-4-5-16-14(15)7-13/h4-5,7,10-12H,6,8-9H2,1-3H3. The molecule has 3 unspecified atom stereocenters. The Morgan fingerprint density at radius 1 is 1.41 bits per heavy atom. The first-order valence-corrected chi connectivity index (χ1v) is 6.78. The van der Waals surface area contributed by atoms with Crippen LogP contribution in [0.5, 0.6) is 0 Å². The molecule has 94 valence electrons. The highest BCUT2D eigenvalue weighted by atomic mass is 35.5. The van der Waals surface area contributed by atoms with Crippen molar-refractivity contribution in [3.63, 3.8) is 0 Å². The maximum Gasteiger partial charge on any atom is 0.129 e. The summed E-state index contributed by atoms with van der Waals surface area (Å²) in [7, 11) is 0. The van der Waals surface area contributed by atoms with E-state index in [-0.39, 0.29) is 0 Å². The fourth-order valence-corrected chi connectivity index (χ4v) is 3.01. The van der Waals surface area contributed by atoms with Crippen LogP contribution in [0.15, 0.2) is 18.3 Å². The van der Waals surface area contributed by atoms with Gasteiger partial charge in [-0.2, -0.15) is 0 Å². The molecule has 3 atom stereocenters. The number of nitrogens with zero attached hydrogens (tertiary/aromatic N) is 2. The molecule has 0 radical (unpaired) electrons. The van der Waals surface area contributed by atoms with Gasteiger partial charge < -0.3 is 0 Å². The Bertz CT molecular complexity index is 380. The minimum Gasteiger partial charge on any atom is -0.296 e. The van der Waals surface area contributed by atoms with Crippen LogP contribution >= 0.6 is 11.6 Å². The molecule has 2 rings (SSSR count). The van der Waals surface area contributed by atoms with E-state index in [1.165, 1.54) is 18.5 Å². The lowest BCUT2D eigenvalue weighted by molar-refractivity contribution is 0.0729. The minimum absolute atomic E-state index is 0.591. The van der Waals surface area contributed by atoms with Crippen LogP contribution in [0.2, 0.25) is 5.15 Å². The monoisotopic (exact) mass is 252 g/mol. The third-order valence-electron chi connectivity index (χ3n) is 3.90. The maximum absolute atomic E-state index is 5.93. The van der Waals surface area contributed by atoms with E-state index in [9.17, 15) is 0 Å². The molecule has 0 aromatic carbocycles. The second kappa shape index (κ2) is 5.36. The summed E-state index contributed by atoms with van der Waals surface area (Å²) in [6.45, 7) is 9.20. The Kier molecular flexibility index (Phi) is 4.05. The van der Waals surface area contributed by atoms with Crippen LogP contribution in [0.25, 0.3) is 0 Å². The molecule has 0 saturated carbocycles. The molecular formula is C14H21ClN2. The average Bonchev–Trinajstić information content (AvgIpc) is 2.25. The van der Waals surface area contributed by atoms with Gasteiger partial charge in [0.25, 0.3) is 0 Å². The molecule has 1 aliphatic heterocycles. The molecule has 17 heavy (non-hydrogen) atoms. The van der Waals surface area contributed by atoms with Gasteiger partial charge in [-0.1, -0.05) is 25.4 Å². The molecule has 1 saturated heterocycles. The minimum atomic E-state index is 0.591. The highest BCUT2D eigenvalue weighted by Crippen LogP contribution is 2.28. The zero-order valence-corrected chi connectivity index (χ0v) is 11.6. The van der Waals surface area contributed by atoms with Crippen molar-refractivity contribution < 1.29 is 0 Å². The lowest BCUT2D eigenvalue weighted by Crippen LogP contribution is -2.45. The normalized spacial score (nSPS) is 30.5. The van der Waals surface area contributed by atoms with Gasteiger partial charge in [0.15, 0.2) is 0 Å². The lowest BCUT2D eigenvalue weighted by atomic mass is 9.86. The molecule has 2 heterocycles. The maximum atomic E-state index is 5.93. The number of hydrogen-bond acceptors (Lipinski definition) is 2. The van der Waals surface area contributed by atoms with Gasteiger partial charge in [0.2, 0.25) is 0 Å². The van der Waals surface area contributed by atoms with Crippen LogP contribution in [-0.2, 0) is 6.54 Å². The molecule has 3 heteroatoms. The Balaban J connectivity index is 2.07. The molecule has 0 spiro atoms. The Hall–Kier alpha value is -0.600. The van der Waals surface area contributed by atoms with Crippen molar-refractivity contribution in [1.29, 1.82) is 0 Å². The van der Waals surface area contributed by atoms with E-state index in [0.29, 0.717) is 11.2 Å². The number of pyridine rings is 1. The quantitative estimate of drug-likeness (QED) is 0.748. The van der Waals surface area contributed by atoms with E-state index in [4.69, 9.17) is 11.6 Å². The zero-order chi connectivity index (χ0) is 12.4. The number of likely N-dealkylation sites (tertiary alicyclic amines) is 1. The van der Waals surface area contributed by atoms with E-state index >= 15 is 0 Å². The van der Waals surface area contributed by atoms with Crippen LogP contribution < -0.4 is 0 Å². The van der Waals surface area contributed by atoms with Crippen LogP contribution in [0.4, 0.5) is 0 Å². The van der Waals surface area contributed by atoms with Gasteiger partial charge in [0.1, 0.15) is 5.15 Å². The van der Waals surface area contributed by atoms with Gasteiger partial charge >= 0.3 is 0 Å². The van der Waals surface area contributed by atoms with E-state index in [0.717, 1.165) is 18.4 Å². The second-order valence-corrected chi connectivity index (χ2v) is 5.86. The summed E-state index contributed by atoms with van der Waals surface area (Å²) in [6.07, 6.45) is 3.13. The Labute approximate surface area is 109 Å². The van der Waals surface area contributed by atoms with Gasteiger partial charge in [-0.25, -0.2) is 4.98 Å². The first-order chi connectivity index (χ1) is 8.06. The fourth-order valence-electron chi connectivity index (χ4n) is 2.82. The van der Waals surface area contributed by atoms with Gasteiger partial charge in [-0.05, 0) is 42.9 Å². The number of rotatable bonds is 2. The summed E-state index contributed by atoms with van der Waals surface area (Å²) >= 11 is 5.93. The fraction of sp³-hybridized carbons (Fsp3) is 0.643. The van der Waals surface area contributed by atoms with E-state index < -0.39 is 0 Å². The summed E-state index contributed by atoms with van der Waals surface area (Å²) in [5.41, 5.74) is 1.26. The van der Waals surface area contributed by atoms with Crippen molar-refractivity contribution in [3.8, 4) is 0 Å². The largest absolute Gasteiger partial charge is 0.296 e. The molecule has 2 nitrogen and oxygen atoms in total. The van der Waals surface area contributed by atoms with E-state index in [1.807, 2.05) is 6.07 Å². The van der Waals surface area contributed by atoms with Gasteiger partial charge in [0.05, 0.1) is 0 Å². The summed E-state index contributed by atoms with van der Waals surface area (Å²) in [6, 6.07) is 4.68. The zero-order valence-electron chi connectivity index (χ0n) is 10.9. The highest BCUT2D eigenvalue weighted by molar-refractivity contribution is 6.29. The molecule has 0 amide bonds. The number of halogens is 1. The van der Waals surface area contributed by atoms with E-state index in [2.05, 4.69) is 36.7 Å². The van der Waals surface area contributed by atoms with Crippen LogP contribution in [0.3, 0.4) is 0 Å². The van der Waals surface area contributed by atoms with Crippen LogP contribution in [0, 0.1) is 11.8 Å². The predicted molar refractivity (Wildman–Crippen MR) is 72.1 cm³/mol. The topological polar surface area (TPSA) is 16.1 Å². The second-order valence-electron chi connectivity index (χ2n) is 5.48. The number of hydrogen-bond donors (Lipinski definition) is 0. The molecule has 1 fully saturated rings. The molecule has 0 N–H and O–H groups in total. The van der Waals surface area contributed by atoms with Crippen LogP contribution in [0.1, 0.15) is 32.8 Å². The van der Waals surface area contributed by atoms with Crippen LogP contribution in [-0.4, -0.2) is 22.5 Å².